The highest BCUT2D eigenvalue weighted by Crippen LogP contribution is 2.67. The molecule has 0 bridgehead atoms. The van der Waals surface area contributed by atoms with E-state index in [1.165, 1.54) is 0 Å². The molecular formula is C15H28N2O3. The van der Waals surface area contributed by atoms with Crippen LogP contribution < -0.4 is 5.32 Å². The van der Waals surface area contributed by atoms with Crippen molar-refractivity contribution in [1.29, 1.82) is 0 Å². The van der Waals surface area contributed by atoms with E-state index >= 15 is 0 Å². The molecule has 0 aliphatic heterocycles. The van der Waals surface area contributed by atoms with E-state index in [9.17, 15) is 9.59 Å². The van der Waals surface area contributed by atoms with Crippen molar-refractivity contribution in [2.45, 2.75) is 41.5 Å². The molecule has 0 aromatic rings. The molecule has 1 aliphatic carbocycles. The fraction of sp³-hybridized carbons (Fsp3) is 0.867. The number of nitrogens with one attached hydrogen (secondary N) is 1. The zero-order chi connectivity index (χ0) is 15.7. The third-order valence-electron chi connectivity index (χ3n) is 5.36. The van der Waals surface area contributed by atoms with Crippen molar-refractivity contribution >= 4 is 12.0 Å². The molecule has 0 spiro atoms. The van der Waals surface area contributed by atoms with Gasteiger partial charge in [0.25, 0.3) is 0 Å². The Hall–Kier alpha value is -1.26. The zero-order valence-corrected chi connectivity index (χ0v) is 13.5. The molecule has 1 fully saturated rings. The summed E-state index contributed by atoms with van der Waals surface area (Å²) in [5.41, 5.74) is 0.483. The minimum atomic E-state index is -0.874. The van der Waals surface area contributed by atoms with Gasteiger partial charge in [-0.05, 0) is 23.7 Å². The molecular weight excluding hydrogens is 256 g/mol. The highest BCUT2D eigenvalue weighted by atomic mass is 16.4. The SMILES string of the molecule is CCN(CC(C)C(=O)O)C(=O)NCC1C(C)(C)C1(C)C. The minimum Gasteiger partial charge on any atom is -0.481 e. The van der Waals surface area contributed by atoms with Crippen molar-refractivity contribution in [3.8, 4) is 0 Å². The largest absolute Gasteiger partial charge is 0.481 e. The fourth-order valence-electron chi connectivity index (χ4n) is 2.91. The number of nitrogens with zero attached hydrogens (tertiary/aromatic N) is 1. The topological polar surface area (TPSA) is 69.6 Å². The molecule has 5 heteroatoms. The van der Waals surface area contributed by atoms with Gasteiger partial charge in [-0.3, -0.25) is 4.79 Å². The van der Waals surface area contributed by atoms with Crippen molar-refractivity contribution in [3.63, 3.8) is 0 Å². The van der Waals surface area contributed by atoms with Gasteiger partial charge in [-0.25, -0.2) is 4.79 Å². The van der Waals surface area contributed by atoms with Gasteiger partial charge in [0.2, 0.25) is 0 Å². The summed E-state index contributed by atoms with van der Waals surface area (Å²) < 4.78 is 0. The van der Waals surface area contributed by atoms with E-state index in [1.807, 2.05) is 6.92 Å². The Morgan fingerprint density at radius 2 is 1.75 bits per heavy atom. The quantitative estimate of drug-likeness (QED) is 0.787. The molecule has 116 valence electrons. The van der Waals surface area contributed by atoms with Gasteiger partial charge in [0.05, 0.1) is 5.92 Å². The van der Waals surface area contributed by atoms with Gasteiger partial charge in [-0.2, -0.15) is 0 Å². The van der Waals surface area contributed by atoms with E-state index in [-0.39, 0.29) is 23.4 Å². The third-order valence-corrected chi connectivity index (χ3v) is 5.36. The van der Waals surface area contributed by atoms with Crippen molar-refractivity contribution in [2.75, 3.05) is 19.6 Å². The van der Waals surface area contributed by atoms with E-state index < -0.39 is 11.9 Å². The number of amides is 2. The van der Waals surface area contributed by atoms with Crippen LogP contribution in [-0.4, -0.2) is 41.6 Å². The summed E-state index contributed by atoms with van der Waals surface area (Å²) in [5.74, 6) is -0.954. The Kier molecular flexibility index (Phi) is 4.72. The van der Waals surface area contributed by atoms with Gasteiger partial charge in [0.1, 0.15) is 0 Å². The maximum atomic E-state index is 12.1. The molecule has 0 saturated heterocycles. The lowest BCUT2D eigenvalue weighted by atomic mass is 10.0. The van der Waals surface area contributed by atoms with Crippen LogP contribution in [0.25, 0.3) is 0 Å². The molecule has 0 aromatic carbocycles. The predicted octanol–water partition coefficient (Wildman–Crippen LogP) is 2.42. The molecule has 5 nitrogen and oxygen atoms in total. The lowest BCUT2D eigenvalue weighted by Crippen LogP contribution is -2.44. The first-order valence-corrected chi connectivity index (χ1v) is 7.31. The average Bonchev–Trinajstić information content (AvgIpc) is 2.73. The van der Waals surface area contributed by atoms with Crippen molar-refractivity contribution in [2.24, 2.45) is 22.7 Å². The highest BCUT2D eigenvalue weighted by molar-refractivity contribution is 5.76. The van der Waals surface area contributed by atoms with Crippen LogP contribution in [0.5, 0.6) is 0 Å². The number of carboxylic acid groups (broad SMARTS) is 1. The Morgan fingerprint density at radius 1 is 1.25 bits per heavy atom. The second-order valence-electron chi connectivity index (χ2n) is 6.96. The molecule has 20 heavy (non-hydrogen) atoms. The first-order valence-electron chi connectivity index (χ1n) is 7.31. The van der Waals surface area contributed by atoms with Crippen LogP contribution in [-0.2, 0) is 4.79 Å². The molecule has 1 aliphatic rings. The summed E-state index contributed by atoms with van der Waals surface area (Å²) >= 11 is 0. The molecule has 0 radical (unpaired) electrons. The number of aliphatic carboxylic acids is 1. The van der Waals surface area contributed by atoms with Crippen LogP contribution in [0.3, 0.4) is 0 Å². The van der Waals surface area contributed by atoms with Crippen LogP contribution in [0, 0.1) is 22.7 Å². The zero-order valence-electron chi connectivity index (χ0n) is 13.5. The Morgan fingerprint density at radius 3 is 2.10 bits per heavy atom. The van der Waals surface area contributed by atoms with Gasteiger partial charge in [0, 0.05) is 19.6 Å². The molecule has 1 atom stereocenters. The maximum absolute atomic E-state index is 12.1. The molecule has 0 aromatic heterocycles. The Labute approximate surface area is 121 Å². The normalized spacial score (nSPS) is 21.1. The van der Waals surface area contributed by atoms with E-state index in [4.69, 9.17) is 5.11 Å². The maximum Gasteiger partial charge on any atom is 0.317 e. The van der Waals surface area contributed by atoms with E-state index in [1.54, 1.807) is 11.8 Å². The van der Waals surface area contributed by atoms with Gasteiger partial charge in [0.15, 0.2) is 0 Å². The Balaban J connectivity index is 2.47. The number of carbonyl (C=O) groups is 2. The van der Waals surface area contributed by atoms with Crippen molar-refractivity contribution in [1.82, 2.24) is 10.2 Å². The second-order valence-corrected chi connectivity index (χ2v) is 6.96. The van der Waals surface area contributed by atoms with Crippen LogP contribution in [0.4, 0.5) is 4.79 Å². The Bertz CT molecular complexity index is 377. The number of urea groups is 1. The number of rotatable bonds is 6. The molecule has 2 N–H and O–H groups in total. The van der Waals surface area contributed by atoms with Gasteiger partial charge in [-0.15, -0.1) is 0 Å². The first-order chi connectivity index (χ1) is 9.05. The molecule has 2 amide bonds. The third kappa shape index (κ3) is 3.07. The molecule has 0 heterocycles. The predicted molar refractivity (Wildman–Crippen MR) is 78.5 cm³/mol. The summed E-state index contributed by atoms with van der Waals surface area (Å²) in [6, 6.07) is -0.167. The lowest BCUT2D eigenvalue weighted by Gasteiger charge is -2.23. The summed E-state index contributed by atoms with van der Waals surface area (Å²) in [4.78, 5) is 24.5. The fourth-order valence-corrected chi connectivity index (χ4v) is 2.91. The van der Waals surface area contributed by atoms with E-state index in [0.717, 1.165) is 0 Å². The smallest absolute Gasteiger partial charge is 0.317 e. The van der Waals surface area contributed by atoms with Crippen LogP contribution >= 0.6 is 0 Å². The van der Waals surface area contributed by atoms with Crippen molar-refractivity contribution < 1.29 is 14.7 Å². The van der Waals surface area contributed by atoms with E-state index in [0.29, 0.717) is 19.0 Å². The highest BCUT2D eigenvalue weighted by Gasteiger charge is 2.64. The van der Waals surface area contributed by atoms with Gasteiger partial charge < -0.3 is 15.3 Å². The van der Waals surface area contributed by atoms with Gasteiger partial charge in [-0.1, -0.05) is 34.6 Å². The number of carboxylic acids is 1. The van der Waals surface area contributed by atoms with Crippen molar-refractivity contribution in [3.05, 3.63) is 0 Å². The second kappa shape index (κ2) is 5.62. The number of hydrogen-bond acceptors (Lipinski definition) is 2. The lowest BCUT2D eigenvalue weighted by molar-refractivity contribution is -0.141. The molecule has 1 rings (SSSR count). The summed E-state index contributed by atoms with van der Waals surface area (Å²) in [6.45, 7) is 13.8. The summed E-state index contributed by atoms with van der Waals surface area (Å²) in [7, 11) is 0. The standard InChI is InChI=1S/C15H28N2O3/c1-7-17(9-10(2)12(18)19)13(20)16-8-11-14(3,4)15(11,5)6/h10-11H,7-9H2,1-6H3,(H,16,20)(H,18,19). The number of carbonyl (C=O) groups excluding carboxylic acids is 1. The van der Waals surface area contributed by atoms with Crippen LogP contribution in [0.15, 0.2) is 0 Å². The number of hydrogen-bond donors (Lipinski definition) is 2. The summed E-state index contributed by atoms with van der Waals surface area (Å²) in [5, 5.41) is 11.9. The van der Waals surface area contributed by atoms with Crippen LogP contribution in [0.1, 0.15) is 41.5 Å². The van der Waals surface area contributed by atoms with Gasteiger partial charge >= 0.3 is 12.0 Å². The van der Waals surface area contributed by atoms with E-state index in [2.05, 4.69) is 33.0 Å². The molecule has 1 saturated carbocycles. The first kappa shape index (κ1) is 16.8. The molecule has 1 unspecified atom stereocenters. The van der Waals surface area contributed by atoms with Crippen LogP contribution in [0.2, 0.25) is 0 Å². The average molecular weight is 284 g/mol. The minimum absolute atomic E-state index is 0.167. The summed E-state index contributed by atoms with van der Waals surface area (Å²) in [6.07, 6.45) is 0. The monoisotopic (exact) mass is 284 g/mol.